The van der Waals surface area contributed by atoms with Gasteiger partial charge in [-0.1, -0.05) is 0 Å². The summed E-state index contributed by atoms with van der Waals surface area (Å²) in [5.41, 5.74) is 5.43. The molecule has 8 heteroatoms. The van der Waals surface area contributed by atoms with E-state index in [9.17, 15) is 19.3 Å². The minimum absolute atomic E-state index is 0.00546. The fourth-order valence-electron chi connectivity index (χ4n) is 1.90. The first kappa shape index (κ1) is 13.0. The first-order valence-electron chi connectivity index (χ1n) is 5.33. The smallest absolute Gasteiger partial charge is 0.320 e. The maximum Gasteiger partial charge on any atom is 0.320 e. The summed E-state index contributed by atoms with van der Waals surface area (Å²) in [5, 5.41) is 19.5. The maximum atomic E-state index is 13.7. The van der Waals surface area contributed by atoms with Crippen molar-refractivity contribution in [2.45, 2.75) is 12.5 Å². The van der Waals surface area contributed by atoms with Crippen molar-refractivity contribution in [1.29, 1.82) is 0 Å². The van der Waals surface area contributed by atoms with Crippen molar-refractivity contribution in [1.82, 2.24) is 4.98 Å². The van der Waals surface area contributed by atoms with Crippen molar-refractivity contribution < 1.29 is 19.2 Å². The molecule has 0 radical (unpaired) electrons. The molecular formula is C11H10FN3O4. The highest BCUT2D eigenvalue weighted by Gasteiger charge is 2.21. The number of nitro groups is 1. The van der Waals surface area contributed by atoms with Gasteiger partial charge in [0.2, 0.25) is 0 Å². The van der Waals surface area contributed by atoms with Crippen molar-refractivity contribution in [3.8, 4) is 0 Å². The number of nitrogens with two attached hydrogens (primary N) is 1. The summed E-state index contributed by atoms with van der Waals surface area (Å²) in [5.74, 6) is -1.88. The molecule has 4 N–H and O–H groups in total. The average molecular weight is 267 g/mol. The van der Waals surface area contributed by atoms with Crippen molar-refractivity contribution in [3.63, 3.8) is 0 Å². The van der Waals surface area contributed by atoms with Gasteiger partial charge in [0.15, 0.2) is 0 Å². The fourth-order valence-corrected chi connectivity index (χ4v) is 1.90. The van der Waals surface area contributed by atoms with Crippen molar-refractivity contribution in [2.75, 3.05) is 0 Å². The van der Waals surface area contributed by atoms with E-state index in [0.717, 1.165) is 12.1 Å². The second-order valence-corrected chi connectivity index (χ2v) is 4.04. The zero-order chi connectivity index (χ0) is 14.2. The number of fused-ring (bicyclic) bond motifs is 1. The summed E-state index contributed by atoms with van der Waals surface area (Å²) in [6.07, 6.45) is 1.22. The lowest BCUT2D eigenvalue weighted by Crippen LogP contribution is -2.32. The number of carbonyl (C=O) groups is 1. The van der Waals surface area contributed by atoms with Crippen LogP contribution < -0.4 is 5.73 Å². The van der Waals surface area contributed by atoms with Crippen LogP contribution in [0.2, 0.25) is 0 Å². The number of benzene rings is 1. The van der Waals surface area contributed by atoms with E-state index in [0.29, 0.717) is 5.56 Å². The predicted octanol–water partition coefficient (Wildman–Crippen LogP) is 1.17. The lowest BCUT2D eigenvalue weighted by atomic mass is 10.0. The summed E-state index contributed by atoms with van der Waals surface area (Å²) in [4.78, 5) is 23.4. The molecule has 0 saturated carbocycles. The Bertz CT molecular complexity index is 667. The van der Waals surface area contributed by atoms with Gasteiger partial charge >= 0.3 is 5.97 Å². The third-order valence-electron chi connectivity index (χ3n) is 2.80. The number of carboxylic acids is 1. The van der Waals surface area contributed by atoms with E-state index < -0.39 is 22.8 Å². The Balaban J connectivity index is 2.56. The number of hydrogen-bond acceptors (Lipinski definition) is 4. The molecule has 0 aliphatic heterocycles. The molecule has 0 spiro atoms. The summed E-state index contributed by atoms with van der Waals surface area (Å²) in [7, 11) is 0. The van der Waals surface area contributed by atoms with E-state index in [1.54, 1.807) is 0 Å². The molecule has 0 amide bonds. The molecule has 19 heavy (non-hydrogen) atoms. The van der Waals surface area contributed by atoms with Gasteiger partial charge in [0, 0.05) is 24.1 Å². The molecule has 1 heterocycles. The second-order valence-electron chi connectivity index (χ2n) is 4.04. The van der Waals surface area contributed by atoms with E-state index in [-0.39, 0.29) is 23.0 Å². The Labute approximate surface area is 106 Å². The van der Waals surface area contributed by atoms with Crippen LogP contribution in [-0.4, -0.2) is 27.0 Å². The quantitative estimate of drug-likeness (QED) is 0.566. The predicted molar refractivity (Wildman–Crippen MR) is 64.2 cm³/mol. The minimum Gasteiger partial charge on any atom is -0.480 e. The van der Waals surface area contributed by atoms with Crippen LogP contribution in [-0.2, 0) is 11.2 Å². The van der Waals surface area contributed by atoms with Gasteiger partial charge in [-0.05, 0) is 11.6 Å². The molecule has 0 aliphatic rings. The Kier molecular flexibility index (Phi) is 3.17. The Hall–Kier alpha value is -2.48. The lowest BCUT2D eigenvalue weighted by Gasteiger charge is -2.05. The maximum absolute atomic E-state index is 13.7. The van der Waals surface area contributed by atoms with Gasteiger partial charge in [-0.3, -0.25) is 14.9 Å². The first-order valence-corrected chi connectivity index (χ1v) is 5.33. The molecule has 100 valence electrons. The summed E-state index contributed by atoms with van der Waals surface area (Å²) >= 11 is 0. The van der Waals surface area contributed by atoms with E-state index in [1.165, 1.54) is 6.20 Å². The molecule has 0 saturated heterocycles. The first-order chi connectivity index (χ1) is 8.91. The molecule has 7 nitrogen and oxygen atoms in total. The SMILES string of the molecule is N[C@@H](Cc1c[nH]c2c([N+](=O)[O-])ccc(F)c12)C(=O)O. The van der Waals surface area contributed by atoms with E-state index in [2.05, 4.69) is 4.98 Å². The summed E-state index contributed by atoms with van der Waals surface area (Å²) in [6, 6.07) is 0.830. The van der Waals surface area contributed by atoms with Gasteiger partial charge in [0.25, 0.3) is 5.69 Å². The number of H-pyrrole nitrogens is 1. The largest absolute Gasteiger partial charge is 0.480 e. The average Bonchev–Trinajstić information content (AvgIpc) is 2.73. The lowest BCUT2D eigenvalue weighted by molar-refractivity contribution is -0.383. The molecule has 1 aromatic carbocycles. The van der Waals surface area contributed by atoms with E-state index in [1.807, 2.05) is 0 Å². The molecule has 0 unspecified atom stereocenters. The van der Waals surface area contributed by atoms with Crippen LogP contribution >= 0.6 is 0 Å². The van der Waals surface area contributed by atoms with E-state index >= 15 is 0 Å². The molecule has 2 aromatic rings. The molecule has 1 aromatic heterocycles. The van der Waals surface area contributed by atoms with Crippen LogP contribution in [0.5, 0.6) is 0 Å². The molecule has 1 atom stereocenters. The zero-order valence-corrected chi connectivity index (χ0v) is 9.59. The van der Waals surface area contributed by atoms with Crippen molar-refractivity contribution in [2.24, 2.45) is 5.73 Å². The second kappa shape index (κ2) is 4.65. The highest BCUT2D eigenvalue weighted by atomic mass is 19.1. The zero-order valence-electron chi connectivity index (χ0n) is 9.59. The van der Waals surface area contributed by atoms with Crippen LogP contribution in [0.15, 0.2) is 18.3 Å². The number of nitro benzene ring substituents is 1. The van der Waals surface area contributed by atoms with Crippen molar-refractivity contribution in [3.05, 3.63) is 39.8 Å². The summed E-state index contributed by atoms with van der Waals surface area (Å²) in [6.45, 7) is 0. The number of rotatable bonds is 4. The third kappa shape index (κ3) is 2.25. The van der Waals surface area contributed by atoms with Crippen LogP contribution in [0, 0.1) is 15.9 Å². The van der Waals surface area contributed by atoms with Gasteiger partial charge < -0.3 is 15.8 Å². The monoisotopic (exact) mass is 267 g/mol. The molecule has 2 rings (SSSR count). The highest BCUT2D eigenvalue weighted by molar-refractivity contribution is 5.91. The number of aromatic nitrogens is 1. The van der Waals surface area contributed by atoms with Gasteiger partial charge in [-0.2, -0.15) is 0 Å². The highest BCUT2D eigenvalue weighted by Crippen LogP contribution is 2.30. The van der Waals surface area contributed by atoms with Gasteiger partial charge in [0.05, 0.1) is 4.92 Å². The Morgan fingerprint density at radius 1 is 1.58 bits per heavy atom. The normalized spacial score (nSPS) is 12.5. The molecule has 0 aliphatic carbocycles. The standard InChI is InChI=1S/C11H10FN3O4/c12-6-1-2-8(15(18)19)10-9(6)5(4-14-10)3-7(13)11(16)17/h1-2,4,7,14H,3,13H2,(H,16,17)/t7-/m0/s1. The number of hydrogen-bond donors (Lipinski definition) is 3. The topological polar surface area (TPSA) is 122 Å². The van der Waals surface area contributed by atoms with Crippen LogP contribution in [0.3, 0.4) is 0 Å². The van der Waals surface area contributed by atoms with Gasteiger partial charge in [-0.25, -0.2) is 4.39 Å². The van der Waals surface area contributed by atoms with Crippen LogP contribution in [0.1, 0.15) is 5.56 Å². The Morgan fingerprint density at radius 3 is 2.84 bits per heavy atom. The number of aromatic amines is 1. The number of nitrogens with one attached hydrogen (secondary N) is 1. The number of nitrogens with zero attached hydrogens (tertiary/aromatic N) is 1. The van der Waals surface area contributed by atoms with Crippen LogP contribution in [0.25, 0.3) is 10.9 Å². The van der Waals surface area contributed by atoms with Crippen LogP contribution in [0.4, 0.5) is 10.1 Å². The fraction of sp³-hybridized carbons (Fsp3) is 0.182. The van der Waals surface area contributed by atoms with Gasteiger partial charge in [-0.15, -0.1) is 0 Å². The third-order valence-corrected chi connectivity index (χ3v) is 2.80. The molecule has 0 bridgehead atoms. The number of halogens is 1. The van der Waals surface area contributed by atoms with Crippen molar-refractivity contribution >= 4 is 22.6 Å². The van der Waals surface area contributed by atoms with Gasteiger partial charge in [0.1, 0.15) is 17.4 Å². The minimum atomic E-state index is -1.22. The van der Waals surface area contributed by atoms with E-state index in [4.69, 9.17) is 10.8 Å². The summed E-state index contributed by atoms with van der Waals surface area (Å²) < 4.78 is 13.7. The molecular weight excluding hydrogens is 257 g/mol. The number of aliphatic carboxylic acids is 1. The number of non-ortho nitro benzene ring substituents is 1. The number of carboxylic acid groups (broad SMARTS) is 1. The Morgan fingerprint density at radius 2 is 2.26 bits per heavy atom. The molecule has 0 fully saturated rings.